The number of carbonyl (C=O) groups is 1. The maximum absolute atomic E-state index is 12.3. The van der Waals surface area contributed by atoms with Gasteiger partial charge in [0.15, 0.2) is 0 Å². The number of benzene rings is 2. The van der Waals surface area contributed by atoms with Crippen molar-refractivity contribution in [1.82, 2.24) is 5.32 Å². The van der Waals surface area contributed by atoms with E-state index in [0.29, 0.717) is 12.8 Å². The van der Waals surface area contributed by atoms with Gasteiger partial charge in [0.05, 0.1) is 12.1 Å². The van der Waals surface area contributed by atoms with Gasteiger partial charge in [-0.2, -0.15) is 0 Å². The van der Waals surface area contributed by atoms with Crippen molar-refractivity contribution >= 4 is 12.2 Å². The summed E-state index contributed by atoms with van der Waals surface area (Å²) in [5.41, 5.74) is 2.27. The summed E-state index contributed by atoms with van der Waals surface area (Å²) in [7, 11) is 0. The van der Waals surface area contributed by atoms with E-state index in [1.165, 1.54) is 0 Å². The topological polar surface area (TPSA) is 58.6 Å². The van der Waals surface area contributed by atoms with Gasteiger partial charge < -0.3 is 15.2 Å². The van der Waals surface area contributed by atoms with Crippen LogP contribution in [-0.2, 0) is 11.2 Å². The molecule has 0 fully saturated rings. The number of hydrogen-bond donors (Lipinski definition) is 2. The molecule has 0 aliphatic carbocycles. The van der Waals surface area contributed by atoms with E-state index >= 15 is 0 Å². The molecule has 2 atom stereocenters. The van der Waals surface area contributed by atoms with Crippen molar-refractivity contribution in [2.24, 2.45) is 0 Å². The van der Waals surface area contributed by atoms with Crippen LogP contribution in [0.2, 0.25) is 0 Å². The fourth-order valence-corrected chi connectivity index (χ4v) is 2.87. The predicted octanol–water partition coefficient (Wildman–Crippen LogP) is 5.14. The third kappa shape index (κ3) is 8.79. The van der Waals surface area contributed by atoms with E-state index in [4.69, 9.17) is 4.74 Å². The normalized spacial score (nSPS) is 13.7. The molecule has 1 amide bonds. The molecule has 29 heavy (non-hydrogen) atoms. The van der Waals surface area contributed by atoms with Crippen LogP contribution in [0.1, 0.15) is 38.3 Å². The van der Waals surface area contributed by atoms with E-state index < -0.39 is 23.8 Å². The molecule has 0 heterocycles. The van der Waals surface area contributed by atoms with Crippen LogP contribution >= 0.6 is 0 Å². The number of aliphatic hydroxyl groups excluding tert-OH is 1. The molecule has 154 valence electrons. The third-order valence-corrected chi connectivity index (χ3v) is 4.25. The molecule has 0 aromatic heterocycles. The first kappa shape index (κ1) is 22.4. The van der Waals surface area contributed by atoms with E-state index in [0.717, 1.165) is 16.7 Å². The summed E-state index contributed by atoms with van der Waals surface area (Å²) in [4.78, 5) is 12.3. The molecule has 0 aliphatic rings. The lowest BCUT2D eigenvalue weighted by molar-refractivity contribution is 0.0423. The van der Waals surface area contributed by atoms with Gasteiger partial charge in [-0.3, -0.25) is 0 Å². The Balaban J connectivity index is 2.04. The van der Waals surface area contributed by atoms with Crippen LogP contribution in [0.25, 0.3) is 6.08 Å². The van der Waals surface area contributed by atoms with Crippen LogP contribution in [0, 0.1) is 0 Å². The van der Waals surface area contributed by atoms with Crippen LogP contribution in [0.5, 0.6) is 0 Å². The number of amides is 1. The highest BCUT2D eigenvalue weighted by molar-refractivity contribution is 5.68. The summed E-state index contributed by atoms with van der Waals surface area (Å²) in [5.74, 6) is 0. The van der Waals surface area contributed by atoms with Gasteiger partial charge in [0.2, 0.25) is 0 Å². The van der Waals surface area contributed by atoms with E-state index in [1.807, 2.05) is 93.6 Å². The molecule has 2 N–H and O–H groups in total. The van der Waals surface area contributed by atoms with Gasteiger partial charge in [-0.05, 0) is 44.7 Å². The summed E-state index contributed by atoms with van der Waals surface area (Å²) >= 11 is 0. The maximum atomic E-state index is 12.3. The molecule has 0 saturated heterocycles. The van der Waals surface area contributed by atoms with Crippen molar-refractivity contribution in [2.45, 2.75) is 51.4 Å². The number of allylic oxidation sites excluding steroid dienone is 1. The molecule has 0 radical (unpaired) electrons. The van der Waals surface area contributed by atoms with E-state index in [9.17, 15) is 9.90 Å². The minimum absolute atomic E-state index is 0.344. The summed E-state index contributed by atoms with van der Waals surface area (Å²) in [5, 5.41) is 13.6. The van der Waals surface area contributed by atoms with Crippen molar-refractivity contribution in [1.29, 1.82) is 0 Å². The number of nitrogens with one attached hydrogen (secondary N) is 1. The smallest absolute Gasteiger partial charge is 0.407 e. The predicted molar refractivity (Wildman–Crippen MR) is 119 cm³/mol. The molecule has 0 unspecified atom stereocenters. The lowest BCUT2D eigenvalue weighted by Gasteiger charge is -2.27. The van der Waals surface area contributed by atoms with Crippen LogP contribution in [0.4, 0.5) is 4.79 Å². The molecule has 4 nitrogen and oxygen atoms in total. The molecule has 0 aliphatic heterocycles. The minimum Gasteiger partial charge on any atom is -0.444 e. The summed E-state index contributed by atoms with van der Waals surface area (Å²) < 4.78 is 5.37. The largest absolute Gasteiger partial charge is 0.444 e. The average Bonchev–Trinajstić information content (AvgIpc) is 2.66. The van der Waals surface area contributed by atoms with Gasteiger partial charge in [0.1, 0.15) is 5.60 Å². The number of ether oxygens (including phenoxy) is 1. The van der Waals surface area contributed by atoms with Gasteiger partial charge >= 0.3 is 6.09 Å². The second-order valence-corrected chi connectivity index (χ2v) is 8.12. The Hall–Kier alpha value is -2.85. The second kappa shape index (κ2) is 10.6. The van der Waals surface area contributed by atoms with Crippen LogP contribution in [0.3, 0.4) is 0 Å². The molecular formula is C25H31NO3. The third-order valence-electron chi connectivity index (χ3n) is 4.25. The minimum atomic E-state index is -0.796. The number of aliphatic hydroxyl groups is 1. The second-order valence-electron chi connectivity index (χ2n) is 8.12. The van der Waals surface area contributed by atoms with Gasteiger partial charge in [0.25, 0.3) is 0 Å². The van der Waals surface area contributed by atoms with E-state index in [1.54, 1.807) is 0 Å². The first-order valence-corrected chi connectivity index (χ1v) is 9.85. The number of alkyl carbamates (subject to hydrolysis) is 1. The Bertz CT molecular complexity index is 807. The Labute approximate surface area is 173 Å². The van der Waals surface area contributed by atoms with Crippen molar-refractivity contribution in [2.75, 3.05) is 0 Å². The Morgan fingerprint density at radius 3 is 2.28 bits per heavy atom. The standard InChI is InChI=1S/C25H31NO3/c1-19(15-16-20-11-7-5-8-12-20)17-23(27)22(18-21-13-9-6-10-14-21)26-24(28)29-25(2,3)4/h5-16,22-23,27H,1,17-18H2,2-4H3,(H,26,28)/b16-15+/t22-,23+/m0/s1. The Morgan fingerprint density at radius 1 is 1.10 bits per heavy atom. The van der Waals surface area contributed by atoms with Crippen LogP contribution in [0.15, 0.2) is 78.9 Å². The molecule has 2 rings (SSSR count). The highest BCUT2D eigenvalue weighted by atomic mass is 16.6. The molecular weight excluding hydrogens is 362 g/mol. The molecule has 0 spiro atoms. The van der Waals surface area contributed by atoms with E-state index in [2.05, 4.69) is 11.9 Å². The van der Waals surface area contributed by atoms with E-state index in [-0.39, 0.29) is 0 Å². The zero-order chi connectivity index (χ0) is 21.3. The Kier molecular flexibility index (Phi) is 8.22. The van der Waals surface area contributed by atoms with Crippen molar-refractivity contribution in [3.05, 3.63) is 90.0 Å². The molecule has 0 bridgehead atoms. The summed E-state index contributed by atoms with van der Waals surface area (Å²) in [6, 6.07) is 19.2. The van der Waals surface area contributed by atoms with Crippen molar-refractivity contribution < 1.29 is 14.6 Å². The fourth-order valence-electron chi connectivity index (χ4n) is 2.87. The molecule has 4 heteroatoms. The van der Waals surface area contributed by atoms with Crippen LogP contribution < -0.4 is 5.32 Å². The van der Waals surface area contributed by atoms with Crippen LogP contribution in [-0.4, -0.2) is 28.9 Å². The van der Waals surface area contributed by atoms with Gasteiger partial charge in [-0.1, -0.05) is 85.0 Å². The number of hydrogen-bond acceptors (Lipinski definition) is 3. The quantitative estimate of drug-likeness (QED) is 0.610. The SMILES string of the molecule is C=C(/C=C/c1ccccc1)C[C@@H](O)[C@H](Cc1ccccc1)NC(=O)OC(C)(C)C. The zero-order valence-corrected chi connectivity index (χ0v) is 17.5. The fraction of sp³-hybridized carbons (Fsp3) is 0.320. The highest BCUT2D eigenvalue weighted by Gasteiger charge is 2.25. The molecule has 2 aromatic carbocycles. The number of rotatable bonds is 8. The average molecular weight is 394 g/mol. The lowest BCUT2D eigenvalue weighted by Crippen LogP contribution is -2.46. The van der Waals surface area contributed by atoms with Gasteiger partial charge in [-0.25, -0.2) is 4.79 Å². The molecule has 2 aromatic rings. The monoisotopic (exact) mass is 393 g/mol. The lowest BCUT2D eigenvalue weighted by atomic mass is 9.96. The molecule has 0 saturated carbocycles. The zero-order valence-electron chi connectivity index (χ0n) is 17.5. The first-order chi connectivity index (χ1) is 13.7. The summed E-state index contributed by atoms with van der Waals surface area (Å²) in [6.45, 7) is 9.48. The summed E-state index contributed by atoms with van der Waals surface area (Å²) in [6.07, 6.45) is 3.36. The van der Waals surface area contributed by atoms with Gasteiger partial charge in [-0.15, -0.1) is 0 Å². The van der Waals surface area contributed by atoms with Crippen molar-refractivity contribution in [3.63, 3.8) is 0 Å². The maximum Gasteiger partial charge on any atom is 0.407 e. The van der Waals surface area contributed by atoms with Crippen molar-refractivity contribution in [3.8, 4) is 0 Å². The number of carbonyl (C=O) groups excluding carboxylic acids is 1. The Morgan fingerprint density at radius 2 is 1.69 bits per heavy atom. The highest BCUT2D eigenvalue weighted by Crippen LogP contribution is 2.15. The first-order valence-electron chi connectivity index (χ1n) is 9.85. The van der Waals surface area contributed by atoms with Gasteiger partial charge in [0, 0.05) is 0 Å².